The second-order valence-corrected chi connectivity index (χ2v) is 8.97. The van der Waals surface area contributed by atoms with Crippen LogP contribution in [0, 0.1) is 13.8 Å². The number of aryl methyl sites for hydroxylation is 1. The zero-order valence-corrected chi connectivity index (χ0v) is 19.0. The molecule has 0 fully saturated rings. The van der Waals surface area contributed by atoms with Crippen molar-refractivity contribution in [3.63, 3.8) is 0 Å². The number of benzene rings is 3. The summed E-state index contributed by atoms with van der Waals surface area (Å²) in [6.07, 6.45) is 0. The van der Waals surface area contributed by atoms with Gasteiger partial charge in [0.2, 0.25) is 0 Å². The lowest BCUT2D eigenvalue weighted by Crippen LogP contribution is -2.17. The summed E-state index contributed by atoms with van der Waals surface area (Å²) >= 11 is 6.17. The maximum Gasteiger partial charge on any atom is 0.263 e. The van der Waals surface area contributed by atoms with Crippen LogP contribution in [0.3, 0.4) is 0 Å². The third-order valence-electron chi connectivity index (χ3n) is 4.76. The fourth-order valence-corrected chi connectivity index (χ4v) is 4.57. The molecular formula is C23H23ClN2O4S. The van der Waals surface area contributed by atoms with Crippen LogP contribution in [-0.4, -0.2) is 20.9 Å². The lowest BCUT2D eigenvalue weighted by molar-refractivity contribution is 0.102. The Morgan fingerprint density at radius 3 is 2.42 bits per heavy atom. The highest BCUT2D eigenvalue weighted by atomic mass is 35.5. The highest BCUT2D eigenvalue weighted by Gasteiger charge is 2.21. The molecule has 0 spiro atoms. The first kappa shape index (κ1) is 22.7. The van der Waals surface area contributed by atoms with Gasteiger partial charge in [0.15, 0.2) is 0 Å². The number of nitrogens with one attached hydrogen (secondary N) is 2. The molecule has 3 aromatic rings. The van der Waals surface area contributed by atoms with Crippen molar-refractivity contribution in [1.29, 1.82) is 0 Å². The second-order valence-electron chi connectivity index (χ2n) is 6.91. The molecule has 0 unspecified atom stereocenters. The van der Waals surface area contributed by atoms with Crippen LogP contribution in [0.1, 0.15) is 28.4 Å². The van der Waals surface area contributed by atoms with Gasteiger partial charge in [0, 0.05) is 11.3 Å². The highest BCUT2D eigenvalue weighted by Crippen LogP contribution is 2.27. The van der Waals surface area contributed by atoms with Gasteiger partial charge in [-0.1, -0.05) is 23.7 Å². The van der Waals surface area contributed by atoms with E-state index in [9.17, 15) is 13.2 Å². The summed E-state index contributed by atoms with van der Waals surface area (Å²) in [5.41, 5.74) is 2.95. The first-order chi connectivity index (χ1) is 14.7. The average molecular weight is 459 g/mol. The number of carbonyl (C=O) groups is 1. The van der Waals surface area contributed by atoms with Gasteiger partial charge in [0.25, 0.3) is 15.9 Å². The Morgan fingerprint density at radius 2 is 1.74 bits per heavy atom. The van der Waals surface area contributed by atoms with Gasteiger partial charge in [-0.3, -0.25) is 9.52 Å². The molecule has 0 saturated carbocycles. The van der Waals surface area contributed by atoms with Gasteiger partial charge in [-0.25, -0.2) is 8.42 Å². The molecule has 0 aliphatic rings. The van der Waals surface area contributed by atoms with Crippen molar-refractivity contribution in [1.82, 2.24) is 0 Å². The number of ether oxygens (including phenoxy) is 1. The quantitative estimate of drug-likeness (QED) is 0.495. The number of hydrogen-bond donors (Lipinski definition) is 2. The van der Waals surface area contributed by atoms with Gasteiger partial charge in [-0.15, -0.1) is 0 Å². The molecule has 8 heteroatoms. The first-order valence-electron chi connectivity index (χ1n) is 9.64. The van der Waals surface area contributed by atoms with E-state index in [1.54, 1.807) is 36.4 Å². The molecule has 0 aliphatic heterocycles. The Morgan fingerprint density at radius 1 is 1.03 bits per heavy atom. The lowest BCUT2D eigenvalue weighted by Gasteiger charge is -2.14. The van der Waals surface area contributed by atoms with Crippen molar-refractivity contribution >= 4 is 38.9 Å². The number of hydrogen-bond acceptors (Lipinski definition) is 4. The standard InChI is InChI=1S/C23H23ClN2O4S/c1-4-30-19-11-9-18(10-12-19)25-23(27)17-8-13-20(24)22(14-17)31(28,29)26-21-7-5-6-15(2)16(21)3/h5-14,26H,4H2,1-3H3,(H,25,27). The van der Waals surface area contributed by atoms with Crippen LogP contribution in [-0.2, 0) is 10.0 Å². The van der Waals surface area contributed by atoms with Crippen molar-refractivity contribution < 1.29 is 17.9 Å². The Bertz CT molecular complexity index is 1210. The number of sulfonamides is 1. The van der Waals surface area contributed by atoms with E-state index in [0.717, 1.165) is 11.1 Å². The molecular weight excluding hydrogens is 436 g/mol. The fourth-order valence-electron chi connectivity index (χ4n) is 2.92. The van der Waals surface area contributed by atoms with Crippen molar-refractivity contribution in [2.45, 2.75) is 25.7 Å². The van der Waals surface area contributed by atoms with Crippen molar-refractivity contribution in [2.75, 3.05) is 16.6 Å². The van der Waals surface area contributed by atoms with E-state index in [2.05, 4.69) is 10.0 Å². The van der Waals surface area contributed by atoms with E-state index in [-0.39, 0.29) is 15.5 Å². The van der Waals surface area contributed by atoms with Gasteiger partial charge in [-0.2, -0.15) is 0 Å². The van der Waals surface area contributed by atoms with E-state index in [4.69, 9.17) is 16.3 Å². The maximum atomic E-state index is 13.0. The summed E-state index contributed by atoms with van der Waals surface area (Å²) in [6, 6.07) is 16.4. The largest absolute Gasteiger partial charge is 0.494 e. The van der Waals surface area contributed by atoms with Gasteiger partial charge in [0.1, 0.15) is 10.6 Å². The van der Waals surface area contributed by atoms with Crippen LogP contribution in [0.4, 0.5) is 11.4 Å². The van der Waals surface area contributed by atoms with Gasteiger partial charge < -0.3 is 10.1 Å². The number of halogens is 1. The zero-order valence-electron chi connectivity index (χ0n) is 17.4. The minimum atomic E-state index is -4.00. The van der Waals surface area contributed by atoms with E-state index in [0.29, 0.717) is 23.7 Å². The molecule has 2 N–H and O–H groups in total. The first-order valence-corrected chi connectivity index (χ1v) is 11.5. The van der Waals surface area contributed by atoms with Crippen LogP contribution in [0.2, 0.25) is 5.02 Å². The molecule has 3 aromatic carbocycles. The third-order valence-corrected chi connectivity index (χ3v) is 6.60. The van der Waals surface area contributed by atoms with Gasteiger partial charge in [0.05, 0.1) is 17.3 Å². The molecule has 0 saturated heterocycles. The van der Waals surface area contributed by atoms with E-state index >= 15 is 0 Å². The van der Waals surface area contributed by atoms with E-state index in [1.165, 1.54) is 18.2 Å². The van der Waals surface area contributed by atoms with Crippen LogP contribution in [0.25, 0.3) is 0 Å². The van der Waals surface area contributed by atoms with Crippen LogP contribution in [0.15, 0.2) is 65.6 Å². The molecule has 0 heterocycles. The molecule has 0 bridgehead atoms. The van der Waals surface area contributed by atoms with Gasteiger partial charge >= 0.3 is 0 Å². The summed E-state index contributed by atoms with van der Waals surface area (Å²) in [5, 5.41) is 2.76. The Balaban J connectivity index is 1.85. The molecule has 0 aromatic heterocycles. The second kappa shape index (κ2) is 9.41. The monoisotopic (exact) mass is 458 g/mol. The van der Waals surface area contributed by atoms with Crippen LogP contribution in [0.5, 0.6) is 5.75 Å². The van der Waals surface area contributed by atoms with E-state index < -0.39 is 15.9 Å². The van der Waals surface area contributed by atoms with Crippen molar-refractivity contribution in [3.05, 3.63) is 82.4 Å². The molecule has 3 rings (SSSR count). The predicted octanol–water partition coefficient (Wildman–Crippen LogP) is 5.41. The molecule has 6 nitrogen and oxygen atoms in total. The Kier molecular flexibility index (Phi) is 6.87. The number of carbonyl (C=O) groups excluding carboxylic acids is 1. The number of anilines is 2. The molecule has 162 valence electrons. The average Bonchev–Trinajstić information content (AvgIpc) is 2.73. The molecule has 31 heavy (non-hydrogen) atoms. The van der Waals surface area contributed by atoms with E-state index in [1.807, 2.05) is 26.8 Å². The van der Waals surface area contributed by atoms with Crippen LogP contribution >= 0.6 is 11.6 Å². The molecule has 0 radical (unpaired) electrons. The third kappa shape index (κ3) is 5.37. The SMILES string of the molecule is CCOc1ccc(NC(=O)c2ccc(Cl)c(S(=O)(=O)Nc3cccc(C)c3C)c2)cc1. The summed E-state index contributed by atoms with van der Waals surface area (Å²) < 4.78 is 33.9. The highest BCUT2D eigenvalue weighted by molar-refractivity contribution is 7.92. The summed E-state index contributed by atoms with van der Waals surface area (Å²) in [6.45, 7) is 6.16. The summed E-state index contributed by atoms with van der Waals surface area (Å²) in [5.74, 6) is 0.238. The summed E-state index contributed by atoms with van der Waals surface area (Å²) in [7, 11) is -4.00. The normalized spacial score (nSPS) is 11.1. The molecule has 0 atom stereocenters. The molecule has 1 amide bonds. The lowest BCUT2D eigenvalue weighted by atomic mass is 10.1. The van der Waals surface area contributed by atoms with Crippen molar-refractivity contribution in [2.24, 2.45) is 0 Å². The summed E-state index contributed by atoms with van der Waals surface area (Å²) in [4.78, 5) is 12.5. The predicted molar refractivity (Wildman–Crippen MR) is 124 cm³/mol. The number of rotatable bonds is 7. The van der Waals surface area contributed by atoms with Crippen molar-refractivity contribution in [3.8, 4) is 5.75 Å². The smallest absolute Gasteiger partial charge is 0.263 e. The number of amides is 1. The Labute approximate surface area is 187 Å². The zero-order chi connectivity index (χ0) is 22.6. The minimum Gasteiger partial charge on any atom is -0.494 e. The minimum absolute atomic E-state index is 0.0235. The maximum absolute atomic E-state index is 13.0. The van der Waals surface area contributed by atoms with Gasteiger partial charge in [-0.05, 0) is 80.4 Å². The Hall–Kier alpha value is -3.03. The molecule has 0 aliphatic carbocycles. The topological polar surface area (TPSA) is 84.5 Å². The fraction of sp³-hybridized carbons (Fsp3) is 0.174. The van der Waals surface area contributed by atoms with Crippen LogP contribution < -0.4 is 14.8 Å².